The summed E-state index contributed by atoms with van der Waals surface area (Å²) in [4.78, 5) is 1.04. The first-order valence-corrected chi connectivity index (χ1v) is 11.1. The van der Waals surface area contributed by atoms with Gasteiger partial charge in [0.25, 0.3) is 0 Å². The van der Waals surface area contributed by atoms with Gasteiger partial charge >= 0.3 is 10.1 Å². The summed E-state index contributed by atoms with van der Waals surface area (Å²) >= 11 is 2.96. The average molecular weight is 396 g/mol. The van der Waals surface area contributed by atoms with E-state index in [2.05, 4.69) is 10.2 Å². The van der Waals surface area contributed by atoms with Gasteiger partial charge in [0.2, 0.25) is 0 Å². The highest BCUT2D eigenvalue weighted by molar-refractivity contribution is 8.00. The molecule has 0 aliphatic rings. The van der Waals surface area contributed by atoms with Crippen LogP contribution in [0, 0.1) is 0 Å². The molecule has 2 heterocycles. The van der Waals surface area contributed by atoms with E-state index in [1.165, 1.54) is 11.8 Å². The van der Waals surface area contributed by atoms with E-state index in [1.807, 2.05) is 29.0 Å². The predicted octanol–water partition coefficient (Wildman–Crippen LogP) is 3.53. The van der Waals surface area contributed by atoms with Crippen molar-refractivity contribution in [3.63, 3.8) is 0 Å². The second-order valence-corrected chi connectivity index (χ2v) is 8.73. The Bertz CT molecular complexity index is 907. The van der Waals surface area contributed by atoms with E-state index in [9.17, 15) is 8.42 Å². The highest BCUT2D eigenvalue weighted by atomic mass is 32.2. The minimum atomic E-state index is -3.64. The number of para-hydroxylation sites is 1. The highest BCUT2D eigenvalue weighted by Gasteiger charge is 2.17. The van der Waals surface area contributed by atoms with Crippen LogP contribution in [0.25, 0.3) is 10.7 Å². The minimum absolute atomic E-state index is 0.0997. The van der Waals surface area contributed by atoms with Gasteiger partial charge in [-0.2, -0.15) is 8.42 Å². The summed E-state index contributed by atoms with van der Waals surface area (Å²) < 4.78 is 31.2. The van der Waals surface area contributed by atoms with Gasteiger partial charge in [-0.15, -0.1) is 21.5 Å². The molecule has 2 aromatic heterocycles. The molecule has 0 saturated heterocycles. The van der Waals surface area contributed by atoms with E-state index in [-0.39, 0.29) is 5.75 Å². The van der Waals surface area contributed by atoms with E-state index in [4.69, 9.17) is 4.18 Å². The van der Waals surface area contributed by atoms with Crippen molar-refractivity contribution in [3.8, 4) is 16.5 Å². The van der Waals surface area contributed by atoms with Gasteiger partial charge < -0.3 is 8.75 Å². The first-order chi connectivity index (χ1) is 12.1. The van der Waals surface area contributed by atoms with E-state index in [0.29, 0.717) is 16.7 Å². The summed E-state index contributed by atoms with van der Waals surface area (Å²) in [5.41, 5.74) is 0. The van der Waals surface area contributed by atoms with Crippen LogP contribution >= 0.6 is 23.1 Å². The molecule has 0 unspecified atom stereocenters. The third-order valence-electron chi connectivity index (χ3n) is 3.31. The number of thiophene rings is 1. The molecule has 25 heavy (non-hydrogen) atoms. The number of hydrogen-bond donors (Lipinski definition) is 0. The molecule has 132 valence electrons. The summed E-state index contributed by atoms with van der Waals surface area (Å²) in [6, 6.07) is 12.5. The number of nitrogens with zero attached hydrogens (tertiary/aromatic N) is 3. The first-order valence-electron chi connectivity index (χ1n) is 7.66. The van der Waals surface area contributed by atoms with Crippen LogP contribution in [0.15, 0.2) is 53.0 Å². The van der Waals surface area contributed by atoms with Crippen LogP contribution in [-0.2, 0) is 16.7 Å². The molecule has 3 rings (SSSR count). The lowest BCUT2D eigenvalue weighted by Crippen LogP contribution is -2.15. The van der Waals surface area contributed by atoms with Crippen molar-refractivity contribution < 1.29 is 12.6 Å². The molecule has 0 N–H and O–H groups in total. The maximum atomic E-state index is 12.1. The molecule has 1 aromatic carbocycles. The SMILES string of the molecule is CCn1c(SCCS(=O)(=O)Oc2ccccc2)nnc1-c1cccs1. The Kier molecular flexibility index (Phi) is 5.77. The summed E-state index contributed by atoms with van der Waals surface area (Å²) in [6.45, 7) is 2.73. The molecule has 0 aliphatic carbocycles. The molecule has 0 atom stereocenters. The van der Waals surface area contributed by atoms with Gasteiger partial charge in [0, 0.05) is 12.3 Å². The smallest absolute Gasteiger partial charge is 0.310 e. The molecule has 0 radical (unpaired) electrons. The number of thioether (sulfide) groups is 1. The van der Waals surface area contributed by atoms with Crippen molar-refractivity contribution in [2.24, 2.45) is 0 Å². The number of hydrogen-bond acceptors (Lipinski definition) is 7. The largest absolute Gasteiger partial charge is 0.382 e. The molecule has 0 bridgehead atoms. The molecule has 0 spiro atoms. The number of rotatable bonds is 8. The zero-order valence-electron chi connectivity index (χ0n) is 13.5. The normalized spacial score (nSPS) is 11.6. The Hall–Kier alpha value is -1.84. The topological polar surface area (TPSA) is 74.1 Å². The van der Waals surface area contributed by atoms with Crippen molar-refractivity contribution in [3.05, 3.63) is 47.8 Å². The highest BCUT2D eigenvalue weighted by Crippen LogP contribution is 2.27. The van der Waals surface area contributed by atoms with Gasteiger partial charge in [-0.25, -0.2) is 0 Å². The van der Waals surface area contributed by atoms with Gasteiger partial charge in [-0.05, 0) is 30.5 Å². The lowest BCUT2D eigenvalue weighted by atomic mass is 10.3. The quantitative estimate of drug-likeness (QED) is 0.429. The van der Waals surface area contributed by atoms with Gasteiger partial charge in [-0.1, -0.05) is 36.0 Å². The van der Waals surface area contributed by atoms with Crippen LogP contribution in [-0.4, -0.2) is 34.7 Å². The second-order valence-electron chi connectivity index (χ2n) is 5.03. The monoisotopic (exact) mass is 395 g/mol. The summed E-state index contributed by atoms with van der Waals surface area (Å²) in [6.07, 6.45) is 0. The molecular weight excluding hydrogens is 378 g/mol. The van der Waals surface area contributed by atoms with E-state index in [0.717, 1.165) is 17.2 Å². The fourth-order valence-corrected chi connectivity index (χ4v) is 5.18. The van der Waals surface area contributed by atoms with E-state index >= 15 is 0 Å². The van der Waals surface area contributed by atoms with Crippen LogP contribution in [0.5, 0.6) is 5.75 Å². The molecule has 0 fully saturated rings. The Morgan fingerprint density at radius 3 is 2.64 bits per heavy atom. The summed E-state index contributed by atoms with van der Waals surface area (Å²) in [5.74, 6) is 1.38. The Morgan fingerprint density at radius 2 is 1.96 bits per heavy atom. The molecule has 0 saturated carbocycles. The van der Waals surface area contributed by atoms with Crippen molar-refractivity contribution in [2.75, 3.05) is 11.5 Å². The van der Waals surface area contributed by atoms with Gasteiger partial charge in [0.05, 0.1) is 10.6 Å². The molecule has 9 heteroatoms. The van der Waals surface area contributed by atoms with Crippen LogP contribution in [0.3, 0.4) is 0 Å². The molecule has 6 nitrogen and oxygen atoms in total. The predicted molar refractivity (Wildman–Crippen MR) is 101 cm³/mol. The third kappa shape index (κ3) is 4.62. The molecular formula is C16H17N3O3S3. The zero-order chi connectivity index (χ0) is 17.7. The van der Waals surface area contributed by atoms with Crippen molar-refractivity contribution in [2.45, 2.75) is 18.6 Å². The van der Waals surface area contributed by atoms with Gasteiger partial charge in [0.15, 0.2) is 11.0 Å². The maximum absolute atomic E-state index is 12.1. The maximum Gasteiger partial charge on any atom is 0.310 e. The van der Waals surface area contributed by atoms with E-state index in [1.54, 1.807) is 41.7 Å². The summed E-state index contributed by atoms with van der Waals surface area (Å²) in [5, 5.41) is 11.1. The second kappa shape index (κ2) is 8.03. The van der Waals surface area contributed by atoms with Crippen LogP contribution in [0.1, 0.15) is 6.92 Å². The third-order valence-corrected chi connectivity index (χ3v) is 6.55. The lowest BCUT2D eigenvalue weighted by molar-refractivity contribution is 0.488. The number of aromatic nitrogens is 3. The van der Waals surface area contributed by atoms with E-state index < -0.39 is 10.1 Å². The Labute approximate surface area is 155 Å². The van der Waals surface area contributed by atoms with Crippen molar-refractivity contribution in [1.29, 1.82) is 0 Å². The van der Waals surface area contributed by atoms with Gasteiger partial charge in [0.1, 0.15) is 5.75 Å². The fourth-order valence-electron chi connectivity index (χ4n) is 2.17. The Morgan fingerprint density at radius 1 is 1.16 bits per heavy atom. The zero-order valence-corrected chi connectivity index (χ0v) is 16.0. The number of benzene rings is 1. The first kappa shape index (κ1) is 18.0. The molecule has 0 amide bonds. The Balaban J connectivity index is 1.62. The molecule has 3 aromatic rings. The average Bonchev–Trinajstić information content (AvgIpc) is 3.24. The molecule has 0 aliphatic heterocycles. The van der Waals surface area contributed by atoms with Crippen molar-refractivity contribution >= 4 is 33.2 Å². The standard InChI is InChI=1S/C16H17N3O3S3/c1-2-19-15(14-9-6-10-23-14)17-18-16(19)24-11-12-25(20,21)22-13-7-4-3-5-8-13/h3-10H,2,11-12H2,1H3. The van der Waals surface area contributed by atoms with Crippen LogP contribution in [0.4, 0.5) is 0 Å². The summed E-state index contributed by atoms with van der Waals surface area (Å²) in [7, 11) is -3.64. The fraction of sp³-hybridized carbons (Fsp3) is 0.250. The van der Waals surface area contributed by atoms with Crippen molar-refractivity contribution in [1.82, 2.24) is 14.8 Å². The van der Waals surface area contributed by atoms with Crippen LogP contribution in [0.2, 0.25) is 0 Å². The van der Waals surface area contributed by atoms with Crippen LogP contribution < -0.4 is 4.18 Å². The van der Waals surface area contributed by atoms with Gasteiger partial charge in [-0.3, -0.25) is 0 Å². The lowest BCUT2D eigenvalue weighted by Gasteiger charge is -2.07. The minimum Gasteiger partial charge on any atom is -0.382 e.